The lowest BCUT2D eigenvalue weighted by atomic mass is 10.2. The van der Waals surface area contributed by atoms with Crippen molar-refractivity contribution in [3.8, 4) is 0 Å². The van der Waals surface area contributed by atoms with Gasteiger partial charge in [-0.15, -0.1) is 12.4 Å². The van der Waals surface area contributed by atoms with Crippen molar-refractivity contribution in [2.24, 2.45) is 0 Å². The number of methoxy groups -OCH3 is 1. The first-order valence-corrected chi connectivity index (χ1v) is 4.46. The van der Waals surface area contributed by atoms with E-state index in [9.17, 15) is 4.79 Å². The Morgan fingerprint density at radius 2 is 2.33 bits per heavy atom. The number of nitrogens with one attached hydrogen (secondary N) is 1. The molecule has 0 amide bonds. The molecular formula is C9H13ClN2O3. The summed E-state index contributed by atoms with van der Waals surface area (Å²) in [7, 11) is 3.19. The van der Waals surface area contributed by atoms with Gasteiger partial charge in [0.1, 0.15) is 5.69 Å². The highest BCUT2D eigenvalue weighted by Gasteiger charge is 2.45. The second-order valence-corrected chi connectivity index (χ2v) is 3.40. The summed E-state index contributed by atoms with van der Waals surface area (Å²) in [6, 6.07) is 1.63. The zero-order valence-corrected chi connectivity index (χ0v) is 9.39. The van der Waals surface area contributed by atoms with Crippen LogP contribution in [-0.4, -0.2) is 25.3 Å². The van der Waals surface area contributed by atoms with E-state index in [4.69, 9.17) is 4.52 Å². The maximum atomic E-state index is 11.1. The van der Waals surface area contributed by atoms with Crippen LogP contribution in [-0.2, 0) is 10.3 Å². The minimum Gasteiger partial charge on any atom is -0.463 e. The fourth-order valence-corrected chi connectivity index (χ4v) is 1.46. The Bertz CT molecular complexity index is 360. The molecule has 1 saturated carbocycles. The molecular weight excluding hydrogens is 220 g/mol. The highest BCUT2D eigenvalue weighted by atomic mass is 35.5. The number of hydrogen-bond acceptors (Lipinski definition) is 5. The van der Waals surface area contributed by atoms with Gasteiger partial charge in [0.25, 0.3) is 0 Å². The number of nitrogens with zero attached hydrogens (tertiary/aromatic N) is 1. The van der Waals surface area contributed by atoms with Gasteiger partial charge >= 0.3 is 5.97 Å². The predicted molar refractivity (Wildman–Crippen MR) is 55.1 cm³/mol. The average molecular weight is 233 g/mol. The summed E-state index contributed by atoms with van der Waals surface area (Å²) in [6.07, 6.45) is 2.05. The summed E-state index contributed by atoms with van der Waals surface area (Å²) in [5, 5.41) is 7.02. The summed E-state index contributed by atoms with van der Waals surface area (Å²) in [6.45, 7) is 0. The maximum absolute atomic E-state index is 11.1. The Hall–Kier alpha value is -1.07. The predicted octanol–water partition coefficient (Wildman–Crippen LogP) is 1.09. The molecule has 1 heterocycles. The summed E-state index contributed by atoms with van der Waals surface area (Å²) in [5.74, 6) is -0.334. The van der Waals surface area contributed by atoms with E-state index < -0.39 is 5.97 Å². The third kappa shape index (κ3) is 1.98. The van der Waals surface area contributed by atoms with E-state index >= 15 is 0 Å². The molecule has 0 aromatic carbocycles. The van der Waals surface area contributed by atoms with Crippen molar-refractivity contribution in [2.45, 2.75) is 18.4 Å². The van der Waals surface area contributed by atoms with Crippen LogP contribution in [0.2, 0.25) is 0 Å². The molecule has 0 aliphatic heterocycles. The largest absolute Gasteiger partial charge is 0.463 e. The summed E-state index contributed by atoms with van der Waals surface area (Å²) >= 11 is 0. The van der Waals surface area contributed by atoms with Crippen LogP contribution in [0.3, 0.4) is 0 Å². The molecule has 2 rings (SSSR count). The van der Waals surface area contributed by atoms with Crippen LogP contribution in [0.4, 0.5) is 0 Å². The number of halogens is 1. The molecule has 0 radical (unpaired) electrons. The Kier molecular flexibility index (Phi) is 3.36. The third-order valence-electron chi connectivity index (χ3n) is 2.62. The van der Waals surface area contributed by atoms with Crippen molar-refractivity contribution in [3.05, 3.63) is 17.5 Å². The zero-order valence-electron chi connectivity index (χ0n) is 8.57. The van der Waals surface area contributed by atoms with Crippen LogP contribution in [0.5, 0.6) is 0 Å². The first-order valence-electron chi connectivity index (χ1n) is 4.46. The molecule has 1 N–H and O–H groups in total. The Balaban J connectivity index is 0.00000112. The van der Waals surface area contributed by atoms with Crippen molar-refractivity contribution >= 4 is 18.4 Å². The zero-order chi connectivity index (χ0) is 10.2. The molecule has 0 spiro atoms. The third-order valence-corrected chi connectivity index (χ3v) is 2.62. The van der Waals surface area contributed by atoms with Gasteiger partial charge in [0.05, 0.1) is 12.6 Å². The maximum Gasteiger partial charge on any atom is 0.376 e. The minimum atomic E-state index is -0.490. The van der Waals surface area contributed by atoms with Crippen LogP contribution in [0.1, 0.15) is 29.1 Å². The lowest BCUT2D eigenvalue weighted by Gasteiger charge is -2.07. The van der Waals surface area contributed by atoms with Gasteiger partial charge in [0.2, 0.25) is 5.76 Å². The van der Waals surface area contributed by atoms with E-state index in [2.05, 4.69) is 15.2 Å². The van der Waals surface area contributed by atoms with Crippen molar-refractivity contribution in [2.75, 3.05) is 14.2 Å². The molecule has 0 atom stereocenters. The lowest BCUT2D eigenvalue weighted by molar-refractivity contribution is 0.0554. The molecule has 0 bridgehead atoms. The van der Waals surface area contributed by atoms with Crippen LogP contribution in [0.25, 0.3) is 0 Å². The number of ether oxygens (including phenoxy) is 1. The van der Waals surface area contributed by atoms with Gasteiger partial charge < -0.3 is 14.6 Å². The SMILES string of the molecule is CNC1(c2cc(C(=O)OC)on2)CC1.Cl. The van der Waals surface area contributed by atoms with Gasteiger partial charge in [0, 0.05) is 6.07 Å². The van der Waals surface area contributed by atoms with Crippen LogP contribution in [0.15, 0.2) is 10.6 Å². The first-order chi connectivity index (χ1) is 6.72. The van der Waals surface area contributed by atoms with E-state index in [1.807, 2.05) is 7.05 Å². The molecule has 15 heavy (non-hydrogen) atoms. The molecule has 84 valence electrons. The standard InChI is InChI=1S/C9H12N2O3.ClH/c1-10-9(3-4-9)7-5-6(14-11-7)8(12)13-2;/h5,10H,3-4H2,1-2H3;1H. The molecule has 1 aliphatic carbocycles. The van der Waals surface area contributed by atoms with Crippen LogP contribution in [0, 0.1) is 0 Å². The quantitative estimate of drug-likeness (QED) is 0.791. The van der Waals surface area contributed by atoms with Gasteiger partial charge in [0.15, 0.2) is 0 Å². The Morgan fingerprint density at radius 1 is 1.67 bits per heavy atom. The second-order valence-electron chi connectivity index (χ2n) is 3.40. The Labute approximate surface area is 93.6 Å². The number of carbonyl (C=O) groups excluding carboxylic acids is 1. The van der Waals surface area contributed by atoms with Crippen LogP contribution < -0.4 is 5.32 Å². The number of hydrogen-bond donors (Lipinski definition) is 1. The van der Waals surface area contributed by atoms with Gasteiger partial charge in [-0.3, -0.25) is 0 Å². The molecule has 6 heteroatoms. The molecule has 1 aliphatic rings. The van der Waals surface area contributed by atoms with E-state index in [0.717, 1.165) is 18.5 Å². The van der Waals surface area contributed by atoms with Crippen molar-refractivity contribution in [3.63, 3.8) is 0 Å². The van der Waals surface area contributed by atoms with Crippen LogP contribution >= 0.6 is 12.4 Å². The monoisotopic (exact) mass is 232 g/mol. The van der Waals surface area contributed by atoms with Gasteiger partial charge in [-0.05, 0) is 19.9 Å². The highest BCUT2D eigenvalue weighted by molar-refractivity contribution is 5.86. The average Bonchev–Trinajstić information content (AvgIpc) is 2.87. The summed E-state index contributed by atoms with van der Waals surface area (Å²) in [5.41, 5.74) is 0.705. The van der Waals surface area contributed by atoms with Crippen molar-refractivity contribution in [1.29, 1.82) is 0 Å². The fourth-order valence-electron chi connectivity index (χ4n) is 1.46. The first kappa shape index (κ1) is 12.0. The molecule has 0 saturated heterocycles. The van der Waals surface area contributed by atoms with E-state index in [-0.39, 0.29) is 23.7 Å². The lowest BCUT2D eigenvalue weighted by Crippen LogP contribution is -2.24. The highest BCUT2D eigenvalue weighted by Crippen LogP contribution is 2.44. The number of esters is 1. The van der Waals surface area contributed by atoms with E-state index in [1.54, 1.807) is 6.07 Å². The fraction of sp³-hybridized carbons (Fsp3) is 0.556. The van der Waals surface area contributed by atoms with Gasteiger partial charge in [-0.1, -0.05) is 5.16 Å². The molecule has 0 unspecified atom stereocenters. The molecule has 5 nitrogen and oxygen atoms in total. The molecule has 1 aromatic heterocycles. The topological polar surface area (TPSA) is 64.4 Å². The van der Waals surface area contributed by atoms with Crippen molar-refractivity contribution in [1.82, 2.24) is 10.5 Å². The smallest absolute Gasteiger partial charge is 0.376 e. The summed E-state index contributed by atoms with van der Waals surface area (Å²) in [4.78, 5) is 11.1. The van der Waals surface area contributed by atoms with E-state index in [1.165, 1.54) is 7.11 Å². The van der Waals surface area contributed by atoms with Gasteiger partial charge in [-0.25, -0.2) is 4.79 Å². The van der Waals surface area contributed by atoms with Gasteiger partial charge in [-0.2, -0.15) is 0 Å². The minimum absolute atomic E-state index is 0. The summed E-state index contributed by atoms with van der Waals surface area (Å²) < 4.78 is 9.40. The Morgan fingerprint density at radius 3 is 2.80 bits per heavy atom. The number of aromatic nitrogens is 1. The normalized spacial score (nSPS) is 16.7. The number of rotatable bonds is 3. The number of carbonyl (C=O) groups is 1. The molecule has 1 aromatic rings. The van der Waals surface area contributed by atoms with E-state index in [0.29, 0.717) is 0 Å². The molecule has 1 fully saturated rings. The van der Waals surface area contributed by atoms with Crippen molar-refractivity contribution < 1.29 is 14.1 Å². The second kappa shape index (κ2) is 4.20.